The minimum absolute atomic E-state index is 0.0258. The summed E-state index contributed by atoms with van der Waals surface area (Å²) in [6, 6.07) is 6.80. The summed E-state index contributed by atoms with van der Waals surface area (Å²) in [4.78, 5) is 36.6. The van der Waals surface area contributed by atoms with Gasteiger partial charge in [-0.15, -0.1) is 0 Å². The number of hydrogen-bond donors (Lipinski definition) is 0. The van der Waals surface area contributed by atoms with Crippen molar-refractivity contribution in [1.82, 2.24) is 0 Å². The summed E-state index contributed by atoms with van der Waals surface area (Å²) < 4.78 is 15.7. The predicted octanol–water partition coefficient (Wildman–Crippen LogP) is 4.67. The number of esters is 1. The van der Waals surface area contributed by atoms with E-state index in [1.165, 1.54) is 0 Å². The zero-order valence-electron chi connectivity index (χ0n) is 17.0. The molecule has 1 heterocycles. The van der Waals surface area contributed by atoms with Crippen LogP contribution < -0.4 is 4.74 Å². The highest BCUT2D eigenvalue weighted by atomic mass is 16.7. The van der Waals surface area contributed by atoms with Crippen LogP contribution in [-0.2, 0) is 19.1 Å². The van der Waals surface area contributed by atoms with Gasteiger partial charge in [0.25, 0.3) is 0 Å². The van der Waals surface area contributed by atoms with E-state index in [9.17, 15) is 14.4 Å². The van der Waals surface area contributed by atoms with Crippen LogP contribution in [0.3, 0.4) is 0 Å². The maximum absolute atomic E-state index is 12.7. The first kappa shape index (κ1) is 20.1. The topological polar surface area (TPSA) is 78.9 Å². The predicted molar refractivity (Wildman–Crippen MR) is 102 cm³/mol. The lowest BCUT2D eigenvalue weighted by atomic mass is 9.71. The Labute approximate surface area is 164 Å². The highest BCUT2D eigenvalue weighted by Crippen LogP contribution is 2.45. The number of hydrogen-bond acceptors (Lipinski definition) is 6. The van der Waals surface area contributed by atoms with E-state index in [4.69, 9.17) is 14.2 Å². The van der Waals surface area contributed by atoms with Gasteiger partial charge in [0.2, 0.25) is 0 Å². The van der Waals surface area contributed by atoms with Crippen molar-refractivity contribution in [2.75, 3.05) is 0 Å². The van der Waals surface area contributed by atoms with E-state index >= 15 is 0 Å². The van der Waals surface area contributed by atoms with Gasteiger partial charge in [0.05, 0.1) is 6.42 Å². The Hall–Kier alpha value is -2.63. The van der Waals surface area contributed by atoms with Gasteiger partial charge in [-0.1, -0.05) is 26.0 Å². The van der Waals surface area contributed by atoms with E-state index < -0.39 is 11.8 Å². The molecule has 0 N–H and O–H groups in total. The molecule has 0 spiro atoms. The van der Waals surface area contributed by atoms with Crippen LogP contribution in [0.4, 0.5) is 4.79 Å². The SMILES string of the molecule is CC1(C)CC(=O)C2=C(C1)OC(=O)CC2c1ccc(OC(=O)OC(C)(C)C)cc1. The normalized spacial score (nSPS) is 21.7. The molecule has 1 aliphatic heterocycles. The largest absolute Gasteiger partial charge is 0.514 e. The third-order valence-electron chi connectivity index (χ3n) is 4.71. The van der Waals surface area contributed by atoms with Gasteiger partial charge >= 0.3 is 12.1 Å². The Bertz CT molecular complexity index is 839. The maximum Gasteiger partial charge on any atom is 0.514 e. The lowest BCUT2D eigenvalue weighted by Crippen LogP contribution is -2.33. The smallest absolute Gasteiger partial charge is 0.431 e. The van der Waals surface area contributed by atoms with Crippen LogP contribution >= 0.6 is 0 Å². The van der Waals surface area contributed by atoms with E-state index in [2.05, 4.69) is 0 Å². The molecule has 1 aliphatic carbocycles. The van der Waals surface area contributed by atoms with Crippen molar-refractivity contribution in [3.63, 3.8) is 0 Å². The molecule has 0 fully saturated rings. The van der Waals surface area contributed by atoms with Crippen LogP contribution in [0.5, 0.6) is 5.75 Å². The van der Waals surface area contributed by atoms with E-state index in [0.717, 1.165) is 5.56 Å². The Morgan fingerprint density at radius 1 is 1.11 bits per heavy atom. The van der Waals surface area contributed by atoms with Gasteiger partial charge in [-0.2, -0.15) is 0 Å². The molecule has 0 saturated carbocycles. The molecule has 1 atom stereocenters. The molecule has 1 aromatic rings. The number of ether oxygens (including phenoxy) is 3. The molecule has 3 rings (SSSR count). The minimum Gasteiger partial charge on any atom is -0.431 e. The van der Waals surface area contributed by atoms with Gasteiger partial charge in [-0.25, -0.2) is 4.79 Å². The molecule has 0 radical (unpaired) electrons. The quantitative estimate of drug-likeness (QED) is 0.543. The molecule has 1 aromatic carbocycles. The van der Waals surface area contributed by atoms with Crippen molar-refractivity contribution in [3.8, 4) is 5.75 Å². The van der Waals surface area contributed by atoms with Crippen LogP contribution in [0.1, 0.15) is 65.4 Å². The fourth-order valence-corrected chi connectivity index (χ4v) is 3.63. The monoisotopic (exact) mass is 386 g/mol. The van der Waals surface area contributed by atoms with Crippen molar-refractivity contribution in [1.29, 1.82) is 0 Å². The van der Waals surface area contributed by atoms with Crippen LogP contribution in [0.15, 0.2) is 35.6 Å². The minimum atomic E-state index is -0.781. The second kappa shape index (κ2) is 7.08. The van der Waals surface area contributed by atoms with Crippen LogP contribution in [0.25, 0.3) is 0 Å². The molecule has 2 aliphatic rings. The molecule has 6 heteroatoms. The van der Waals surface area contributed by atoms with Gasteiger partial charge in [-0.05, 0) is 43.9 Å². The molecule has 0 aromatic heterocycles. The highest BCUT2D eigenvalue weighted by Gasteiger charge is 2.42. The molecule has 0 saturated heterocycles. The maximum atomic E-state index is 12.7. The van der Waals surface area contributed by atoms with Crippen molar-refractivity contribution in [2.45, 2.75) is 65.4 Å². The number of rotatable bonds is 2. The van der Waals surface area contributed by atoms with Crippen molar-refractivity contribution >= 4 is 17.9 Å². The van der Waals surface area contributed by atoms with Crippen LogP contribution in [0, 0.1) is 5.41 Å². The third kappa shape index (κ3) is 4.61. The number of carbonyl (C=O) groups excluding carboxylic acids is 3. The Morgan fingerprint density at radius 2 is 1.75 bits per heavy atom. The standard InChI is InChI=1S/C22H26O6/c1-21(2,3)28-20(25)26-14-8-6-13(7-9-14)15-10-18(24)27-17-12-22(4,5)11-16(23)19(15)17/h6-9,15H,10-12H2,1-5H3. The summed E-state index contributed by atoms with van der Waals surface area (Å²) in [5.74, 6) is 0.190. The lowest BCUT2D eigenvalue weighted by molar-refractivity contribution is -0.142. The average molecular weight is 386 g/mol. The molecular formula is C22H26O6. The van der Waals surface area contributed by atoms with E-state index in [-0.39, 0.29) is 29.5 Å². The number of benzene rings is 1. The lowest BCUT2D eigenvalue weighted by Gasteiger charge is -2.36. The molecule has 0 amide bonds. The fraction of sp³-hybridized carbons (Fsp3) is 0.500. The zero-order valence-corrected chi connectivity index (χ0v) is 17.0. The van der Waals surface area contributed by atoms with Gasteiger partial charge in [0.15, 0.2) is 5.78 Å². The first-order valence-electron chi connectivity index (χ1n) is 9.41. The first-order chi connectivity index (χ1) is 12.9. The molecular weight excluding hydrogens is 360 g/mol. The molecule has 1 unspecified atom stereocenters. The third-order valence-corrected chi connectivity index (χ3v) is 4.71. The summed E-state index contributed by atoms with van der Waals surface area (Å²) in [6.45, 7) is 9.26. The van der Waals surface area contributed by atoms with E-state index in [0.29, 0.717) is 29.9 Å². The van der Waals surface area contributed by atoms with Gasteiger partial charge in [-0.3, -0.25) is 9.59 Å². The van der Waals surface area contributed by atoms with Gasteiger partial charge in [0.1, 0.15) is 17.1 Å². The van der Waals surface area contributed by atoms with E-state index in [1.807, 2.05) is 13.8 Å². The fourth-order valence-electron chi connectivity index (χ4n) is 3.63. The number of Topliss-reactive ketones (excluding diaryl/α,β-unsaturated/α-hetero) is 1. The summed E-state index contributed by atoms with van der Waals surface area (Å²) in [7, 11) is 0. The molecule has 6 nitrogen and oxygen atoms in total. The number of ketones is 1. The van der Waals surface area contributed by atoms with Gasteiger partial charge < -0.3 is 14.2 Å². The van der Waals surface area contributed by atoms with Crippen molar-refractivity contribution in [3.05, 3.63) is 41.2 Å². The highest BCUT2D eigenvalue weighted by molar-refractivity contribution is 6.00. The van der Waals surface area contributed by atoms with Crippen molar-refractivity contribution < 1.29 is 28.6 Å². The summed E-state index contributed by atoms with van der Waals surface area (Å²) in [5, 5.41) is 0. The average Bonchev–Trinajstić information content (AvgIpc) is 2.51. The second-order valence-electron chi connectivity index (χ2n) is 9.14. The first-order valence-corrected chi connectivity index (χ1v) is 9.41. The second-order valence-corrected chi connectivity index (χ2v) is 9.14. The number of allylic oxidation sites excluding steroid dienone is 2. The van der Waals surface area contributed by atoms with Gasteiger partial charge in [0, 0.05) is 24.3 Å². The Balaban J connectivity index is 1.82. The summed E-state index contributed by atoms with van der Waals surface area (Å²) in [5.41, 5.74) is 0.550. The zero-order chi connectivity index (χ0) is 20.7. The molecule has 0 bridgehead atoms. The molecule has 28 heavy (non-hydrogen) atoms. The summed E-state index contributed by atoms with van der Waals surface area (Å²) in [6.07, 6.45) is 0.337. The number of carbonyl (C=O) groups is 3. The van der Waals surface area contributed by atoms with Crippen LogP contribution in [-0.4, -0.2) is 23.5 Å². The molecule has 150 valence electrons. The Morgan fingerprint density at radius 3 is 2.36 bits per heavy atom. The van der Waals surface area contributed by atoms with Crippen molar-refractivity contribution in [2.24, 2.45) is 5.41 Å². The summed E-state index contributed by atoms with van der Waals surface area (Å²) >= 11 is 0. The van der Waals surface area contributed by atoms with E-state index in [1.54, 1.807) is 45.0 Å². The van der Waals surface area contributed by atoms with Crippen LogP contribution in [0.2, 0.25) is 0 Å². The Kier molecular flexibility index (Phi) is 5.08.